The van der Waals surface area contributed by atoms with Crippen LogP contribution in [-0.2, 0) is 0 Å². The summed E-state index contributed by atoms with van der Waals surface area (Å²) in [5.74, 6) is 0.473. The second-order valence-electron chi connectivity index (χ2n) is 10.4. The third-order valence-electron chi connectivity index (χ3n) is 8.01. The van der Waals surface area contributed by atoms with E-state index in [1.165, 1.54) is 0 Å². The first-order valence-electron chi connectivity index (χ1n) is 13.3. The molecule has 2 aromatic carbocycles. The molecule has 0 bridgehead atoms. The molecular weight excluding hydrogens is 501 g/mol. The fourth-order valence-electron chi connectivity index (χ4n) is 5.84. The Morgan fingerprint density at radius 1 is 0.921 bits per heavy atom. The van der Waals surface area contributed by atoms with Gasteiger partial charge in [0, 0.05) is 69.6 Å². The van der Waals surface area contributed by atoms with E-state index in [0.29, 0.717) is 16.8 Å². The minimum absolute atomic E-state index is 0.279. The maximum absolute atomic E-state index is 16.2. The summed E-state index contributed by atoms with van der Waals surface area (Å²) in [6, 6.07) is 15.6. The number of halogens is 2. The number of benzene rings is 2. The molecule has 4 heterocycles. The lowest BCUT2D eigenvalue weighted by molar-refractivity contribution is 0.0982. The molecule has 0 aliphatic carbocycles. The quantitative estimate of drug-likeness (QED) is 0.352. The van der Waals surface area contributed by atoms with Gasteiger partial charge in [-0.2, -0.15) is 9.61 Å². The predicted octanol–water partition coefficient (Wildman–Crippen LogP) is 5.17. The van der Waals surface area contributed by atoms with Gasteiger partial charge in [-0.1, -0.05) is 23.7 Å². The maximum Gasteiger partial charge on any atom is 0.157 e. The number of hydrogen-bond donors (Lipinski definition) is 0. The first-order chi connectivity index (χ1) is 18.5. The molecule has 6 rings (SSSR count). The molecule has 0 N–H and O–H groups in total. The molecule has 0 atom stereocenters. The predicted molar refractivity (Wildman–Crippen MR) is 152 cm³/mol. The Balaban J connectivity index is 1.36. The fraction of sp³-hybridized carbons (Fsp3) is 0.379. The van der Waals surface area contributed by atoms with Crippen molar-refractivity contribution in [3.05, 3.63) is 71.8 Å². The van der Waals surface area contributed by atoms with Crippen molar-refractivity contribution in [3.63, 3.8) is 0 Å². The topological polar surface area (TPSA) is 43.2 Å². The number of rotatable bonds is 5. The second-order valence-corrected chi connectivity index (χ2v) is 10.8. The van der Waals surface area contributed by atoms with E-state index in [4.69, 9.17) is 11.6 Å². The van der Waals surface area contributed by atoms with E-state index in [1.807, 2.05) is 48.3 Å². The highest BCUT2D eigenvalue weighted by Gasteiger charge is 2.29. The number of anilines is 3. The SMILES string of the molecule is CN1CCN(C2CCN(c3cc(-c4cccc(Cl)c4)cc(F)c3N(C)c3ccnc4ccnn34)CC2)CC1. The van der Waals surface area contributed by atoms with Gasteiger partial charge >= 0.3 is 0 Å². The average molecular weight is 534 g/mol. The summed E-state index contributed by atoms with van der Waals surface area (Å²) >= 11 is 6.29. The van der Waals surface area contributed by atoms with Crippen molar-refractivity contribution in [2.45, 2.75) is 18.9 Å². The Labute approximate surface area is 228 Å². The van der Waals surface area contributed by atoms with Crippen molar-refractivity contribution in [2.75, 3.05) is 63.2 Å². The van der Waals surface area contributed by atoms with Crippen LogP contribution in [0.2, 0.25) is 5.02 Å². The Hall–Kier alpha value is -3.20. The number of hydrogen-bond acceptors (Lipinski definition) is 6. The molecule has 2 fully saturated rings. The van der Waals surface area contributed by atoms with Gasteiger partial charge in [-0.25, -0.2) is 9.37 Å². The largest absolute Gasteiger partial charge is 0.370 e. The van der Waals surface area contributed by atoms with Crippen LogP contribution in [0.4, 0.5) is 21.6 Å². The summed E-state index contributed by atoms with van der Waals surface area (Å²) in [7, 11) is 4.09. The molecule has 198 valence electrons. The number of piperidine rings is 1. The van der Waals surface area contributed by atoms with Gasteiger partial charge in [0.25, 0.3) is 0 Å². The van der Waals surface area contributed by atoms with Gasteiger partial charge in [-0.15, -0.1) is 0 Å². The van der Waals surface area contributed by atoms with Gasteiger partial charge in [-0.3, -0.25) is 4.90 Å². The van der Waals surface area contributed by atoms with Crippen molar-refractivity contribution in [1.29, 1.82) is 0 Å². The normalized spacial score (nSPS) is 17.8. The summed E-state index contributed by atoms with van der Waals surface area (Å²) in [4.78, 5) is 13.6. The van der Waals surface area contributed by atoms with Gasteiger partial charge in [0.1, 0.15) is 17.3 Å². The molecule has 38 heavy (non-hydrogen) atoms. The fourth-order valence-corrected chi connectivity index (χ4v) is 6.03. The van der Waals surface area contributed by atoms with E-state index in [0.717, 1.165) is 80.4 Å². The number of piperazine rings is 1. The summed E-state index contributed by atoms with van der Waals surface area (Å²) in [6.45, 7) is 6.24. The summed E-state index contributed by atoms with van der Waals surface area (Å²) in [6.07, 6.45) is 5.58. The summed E-state index contributed by atoms with van der Waals surface area (Å²) in [5, 5.41) is 5.07. The van der Waals surface area contributed by atoms with Crippen molar-refractivity contribution in [1.82, 2.24) is 24.4 Å². The second kappa shape index (κ2) is 10.5. The first kappa shape index (κ1) is 25.1. The number of fused-ring (bicyclic) bond motifs is 1. The van der Waals surface area contributed by atoms with Crippen LogP contribution in [-0.4, -0.2) is 83.8 Å². The van der Waals surface area contributed by atoms with Crippen LogP contribution in [0.3, 0.4) is 0 Å². The lowest BCUT2D eigenvalue weighted by Gasteiger charge is -2.43. The molecule has 0 radical (unpaired) electrons. The molecule has 9 heteroatoms. The third kappa shape index (κ3) is 4.84. The van der Waals surface area contributed by atoms with Gasteiger partial charge in [0.05, 0.1) is 11.9 Å². The molecule has 0 saturated carbocycles. The molecule has 2 saturated heterocycles. The first-order valence-corrected chi connectivity index (χ1v) is 13.7. The van der Waals surface area contributed by atoms with E-state index < -0.39 is 0 Å². The molecule has 2 aliphatic heterocycles. The minimum atomic E-state index is -0.279. The Bertz CT molecular complexity index is 1420. The van der Waals surface area contributed by atoms with Crippen LogP contribution in [0.15, 0.2) is 60.9 Å². The van der Waals surface area contributed by atoms with Crippen LogP contribution in [0.1, 0.15) is 12.8 Å². The molecule has 7 nitrogen and oxygen atoms in total. The molecule has 2 aromatic heterocycles. The molecule has 4 aromatic rings. The Morgan fingerprint density at radius 3 is 2.47 bits per heavy atom. The lowest BCUT2D eigenvalue weighted by atomic mass is 9.99. The Morgan fingerprint density at radius 2 is 1.71 bits per heavy atom. The van der Waals surface area contributed by atoms with Gasteiger partial charge in [-0.05, 0) is 61.3 Å². The van der Waals surface area contributed by atoms with Crippen LogP contribution < -0.4 is 9.80 Å². The number of likely N-dealkylation sites (N-methyl/N-ethyl adjacent to an activating group) is 1. The van der Waals surface area contributed by atoms with Crippen LogP contribution in [0.5, 0.6) is 0 Å². The maximum atomic E-state index is 16.2. The van der Waals surface area contributed by atoms with Gasteiger partial charge in [0.2, 0.25) is 0 Å². The molecule has 0 amide bonds. The van der Waals surface area contributed by atoms with E-state index in [1.54, 1.807) is 23.0 Å². The van der Waals surface area contributed by atoms with E-state index >= 15 is 4.39 Å². The highest BCUT2D eigenvalue weighted by atomic mass is 35.5. The van der Waals surface area contributed by atoms with E-state index in [2.05, 4.69) is 37.9 Å². The molecule has 0 spiro atoms. The summed E-state index contributed by atoms with van der Waals surface area (Å²) in [5.41, 5.74) is 3.86. The number of nitrogens with zero attached hydrogens (tertiary/aromatic N) is 7. The van der Waals surface area contributed by atoms with Crippen LogP contribution in [0.25, 0.3) is 16.8 Å². The Kier molecular flexibility index (Phi) is 6.95. The zero-order chi connectivity index (χ0) is 26.2. The van der Waals surface area contributed by atoms with Crippen molar-refractivity contribution in [2.24, 2.45) is 0 Å². The van der Waals surface area contributed by atoms with Gasteiger partial charge in [0.15, 0.2) is 5.65 Å². The highest BCUT2D eigenvalue weighted by molar-refractivity contribution is 6.30. The van der Waals surface area contributed by atoms with Crippen molar-refractivity contribution < 1.29 is 4.39 Å². The van der Waals surface area contributed by atoms with E-state index in [9.17, 15) is 0 Å². The summed E-state index contributed by atoms with van der Waals surface area (Å²) < 4.78 is 17.9. The average Bonchev–Trinajstić information content (AvgIpc) is 3.42. The zero-order valence-electron chi connectivity index (χ0n) is 21.9. The highest BCUT2D eigenvalue weighted by Crippen LogP contribution is 2.41. The smallest absolute Gasteiger partial charge is 0.157 e. The molecular formula is C29H33ClFN7. The lowest BCUT2D eigenvalue weighted by Crippen LogP contribution is -2.52. The zero-order valence-corrected chi connectivity index (χ0v) is 22.7. The van der Waals surface area contributed by atoms with Crippen LogP contribution in [0, 0.1) is 5.82 Å². The van der Waals surface area contributed by atoms with Gasteiger partial charge < -0.3 is 14.7 Å². The van der Waals surface area contributed by atoms with Crippen molar-refractivity contribution in [3.8, 4) is 11.1 Å². The standard InChI is InChI=1S/C29H33ClFN7/c1-34-14-16-36(17-15-34)24-8-12-37(13-9-24)26-20-22(21-4-3-5-23(30)18-21)19-25(31)29(26)35(2)28-7-10-32-27-6-11-33-38(27)28/h3-7,10-11,18-20,24H,8-9,12-17H2,1-2H3. The van der Waals surface area contributed by atoms with Crippen LogP contribution >= 0.6 is 11.6 Å². The molecule has 0 unspecified atom stereocenters. The monoisotopic (exact) mass is 533 g/mol. The minimum Gasteiger partial charge on any atom is -0.370 e. The molecule has 2 aliphatic rings. The van der Waals surface area contributed by atoms with E-state index in [-0.39, 0.29) is 5.82 Å². The van der Waals surface area contributed by atoms with Crippen molar-refractivity contribution >= 4 is 34.4 Å². The number of aromatic nitrogens is 3. The third-order valence-corrected chi connectivity index (χ3v) is 8.24.